The number of amides is 1. The van der Waals surface area contributed by atoms with Crippen LogP contribution >= 0.6 is 11.6 Å². The Labute approximate surface area is 171 Å². The molecule has 1 fully saturated rings. The monoisotopic (exact) mass is 421 g/mol. The lowest BCUT2D eigenvalue weighted by Gasteiger charge is -2.29. The van der Waals surface area contributed by atoms with E-state index < -0.39 is 9.84 Å². The molecule has 0 saturated carbocycles. The van der Waals surface area contributed by atoms with Crippen LogP contribution in [0.25, 0.3) is 0 Å². The van der Waals surface area contributed by atoms with Gasteiger partial charge in [-0.1, -0.05) is 35.9 Å². The Kier molecular flexibility index (Phi) is 6.30. The fraction of sp³-hybridized carbons (Fsp3) is 0.381. The third-order valence-corrected chi connectivity index (χ3v) is 6.94. The lowest BCUT2D eigenvalue weighted by atomic mass is 10.1. The minimum Gasteiger partial charge on any atom is -0.484 e. The van der Waals surface area contributed by atoms with E-state index in [4.69, 9.17) is 16.3 Å². The largest absolute Gasteiger partial charge is 0.484 e. The van der Waals surface area contributed by atoms with Crippen molar-refractivity contribution in [1.29, 1.82) is 0 Å². The molecule has 0 N–H and O–H groups in total. The maximum absolute atomic E-state index is 13.0. The van der Waals surface area contributed by atoms with Gasteiger partial charge < -0.3 is 9.64 Å². The van der Waals surface area contributed by atoms with E-state index in [1.54, 1.807) is 11.0 Å². The third-order valence-electron chi connectivity index (χ3n) is 4.83. The molecule has 0 spiro atoms. The van der Waals surface area contributed by atoms with E-state index in [0.29, 0.717) is 17.2 Å². The Bertz CT molecular complexity index is 954. The van der Waals surface area contributed by atoms with Crippen molar-refractivity contribution in [2.45, 2.75) is 32.9 Å². The molecule has 3 rings (SSSR count). The lowest BCUT2D eigenvalue weighted by Crippen LogP contribution is -2.43. The summed E-state index contributed by atoms with van der Waals surface area (Å²) in [6.07, 6.45) is 0.433. The molecule has 1 heterocycles. The molecule has 1 aliphatic rings. The molecule has 0 aromatic heterocycles. The number of aryl methyl sites for hydroxylation is 2. The lowest BCUT2D eigenvalue weighted by molar-refractivity contribution is -0.136. The molecule has 2 aromatic rings. The summed E-state index contributed by atoms with van der Waals surface area (Å²) in [6, 6.07) is 12.7. The van der Waals surface area contributed by atoms with Crippen molar-refractivity contribution in [2.24, 2.45) is 0 Å². The van der Waals surface area contributed by atoms with E-state index in [-0.39, 0.29) is 36.6 Å². The maximum atomic E-state index is 13.0. The van der Waals surface area contributed by atoms with Crippen molar-refractivity contribution >= 4 is 27.3 Å². The Morgan fingerprint density at radius 1 is 1.18 bits per heavy atom. The summed E-state index contributed by atoms with van der Waals surface area (Å²) in [7, 11) is -3.12. The summed E-state index contributed by atoms with van der Waals surface area (Å²) < 4.78 is 29.6. The first kappa shape index (κ1) is 20.7. The van der Waals surface area contributed by atoms with Crippen LogP contribution in [0.5, 0.6) is 5.75 Å². The predicted octanol–water partition coefficient (Wildman–Crippen LogP) is 3.55. The molecular weight excluding hydrogens is 398 g/mol. The van der Waals surface area contributed by atoms with Gasteiger partial charge in [-0.15, -0.1) is 0 Å². The van der Waals surface area contributed by atoms with E-state index in [1.165, 1.54) is 0 Å². The highest BCUT2D eigenvalue weighted by Crippen LogP contribution is 2.24. The van der Waals surface area contributed by atoms with Crippen molar-refractivity contribution in [2.75, 3.05) is 18.1 Å². The standard InChI is InChI=1S/C21H24ClNO4S/c1-15-9-16(2)11-19(10-15)27-13-21(24)23(18-7-8-28(25,26)14-18)12-17-5-3-4-6-20(17)22/h3-6,9-11,18H,7-8,12-14H2,1-2H3. The van der Waals surface area contributed by atoms with Crippen LogP contribution in [0, 0.1) is 13.8 Å². The van der Waals surface area contributed by atoms with Crippen molar-refractivity contribution < 1.29 is 17.9 Å². The maximum Gasteiger partial charge on any atom is 0.261 e. The number of carbonyl (C=O) groups is 1. The fourth-order valence-corrected chi connectivity index (χ4v) is 5.42. The van der Waals surface area contributed by atoms with Crippen LogP contribution < -0.4 is 4.74 Å². The van der Waals surface area contributed by atoms with Gasteiger partial charge in [0, 0.05) is 17.6 Å². The second-order valence-corrected chi connectivity index (χ2v) is 9.92. The molecular formula is C21H24ClNO4S. The fourth-order valence-electron chi connectivity index (χ4n) is 3.50. The number of carbonyl (C=O) groups excluding carboxylic acids is 1. The van der Waals surface area contributed by atoms with E-state index in [0.717, 1.165) is 16.7 Å². The van der Waals surface area contributed by atoms with Crippen LogP contribution in [0.4, 0.5) is 0 Å². The molecule has 0 aliphatic carbocycles. The summed E-state index contributed by atoms with van der Waals surface area (Å²) in [5.41, 5.74) is 2.89. The smallest absolute Gasteiger partial charge is 0.261 e. The van der Waals surface area contributed by atoms with Gasteiger partial charge in [-0.3, -0.25) is 4.79 Å². The van der Waals surface area contributed by atoms with Gasteiger partial charge >= 0.3 is 0 Å². The molecule has 0 radical (unpaired) electrons. The molecule has 1 aliphatic heterocycles. The van der Waals surface area contributed by atoms with Crippen LogP contribution in [-0.2, 0) is 21.2 Å². The molecule has 7 heteroatoms. The Morgan fingerprint density at radius 2 is 1.86 bits per heavy atom. The highest BCUT2D eigenvalue weighted by molar-refractivity contribution is 7.91. The highest BCUT2D eigenvalue weighted by Gasteiger charge is 2.35. The van der Waals surface area contributed by atoms with Gasteiger partial charge in [0.1, 0.15) is 5.75 Å². The SMILES string of the molecule is Cc1cc(C)cc(OCC(=O)N(Cc2ccccc2Cl)C2CCS(=O)(=O)C2)c1. The summed E-state index contributed by atoms with van der Waals surface area (Å²) in [5, 5.41) is 0.552. The molecule has 150 valence electrons. The zero-order valence-corrected chi connectivity index (χ0v) is 17.6. The van der Waals surface area contributed by atoms with E-state index in [2.05, 4.69) is 0 Å². The predicted molar refractivity (Wildman–Crippen MR) is 110 cm³/mol. The van der Waals surface area contributed by atoms with E-state index in [1.807, 2.05) is 50.2 Å². The highest BCUT2D eigenvalue weighted by atomic mass is 35.5. The summed E-state index contributed by atoms with van der Waals surface area (Å²) in [5.74, 6) is 0.457. The number of nitrogens with zero attached hydrogens (tertiary/aromatic N) is 1. The first-order valence-corrected chi connectivity index (χ1v) is 11.4. The van der Waals surface area contributed by atoms with Gasteiger partial charge in [0.25, 0.3) is 5.91 Å². The Balaban J connectivity index is 1.77. The van der Waals surface area contributed by atoms with Gasteiger partial charge in [0.2, 0.25) is 0 Å². The summed E-state index contributed by atoms with van der Waals surface area (Å²) >= 11 is 6.26. The first-order valence-electron chi connectivity index (χ1n) is 9.18. The van der Waals surface area contributed by atoms with Gasteiger partial charge in [-0.25, -0.2) is 8.42 Å². The van der Waals surface area contributed by atoms with Crippen molar-refractivity contribution in [1.82, 2.24) is 4.90 Å². The Hall–Kier alpha value is -2.05. The number of benzene rings is 2. The molecule has 1 unspecified atom stereocenters. The molecule has 0 bridgehead atoms. The minimum atomic E-state index is -3.12. The topological polar surface area (TPSA) is 63.7 Å². The van der Waals surface area contributed by atoms with Crippen molar-refractivity contribution in [3.63, 3.8) is 0 Å². The zero-order valence-electron chi connectivity index (χ0n) is 16.0. The number of hydrogen-bond acceptors (Lipinski definition) is 4. The van der Waals surface area contributed by atoms with Crippen LogP contribution in [0.15, 0.2) is 42.5 Å². The first-order chi connectivity index (χ1) is 13.2. The molecule has 2 aromatic carbocycles. The summed E-state index contributed by atoms with van der Waals surface area (Å²) in [6.45, 7) is 4.04. The average Bonchev–Trinajstić information content (AvgIpc) is 2.98. The van der Waals surface area contributed by atoms with Crippen LogP contribution in [0.2, 0.25) is 5.02 Å². The van der Waals surface area contributed by atoms with E-state index in [9.17, 15) is 13.2 Å². The van der Waals surface area contributed by atoms with Crippen LogP contribution in [0.3, 0.4) is 0 Å². The average molecular weight is 422 g/mol. The van der Waals surface area contributed by atoms with Crippen LogP contribution in [-0.4, -0.2) is 43.4 Å². The van der Waals surface area contributed by atoms with Gasteiger partial charge in [-0.2, -0.15) is 0 Å². The van der Waals surface area contributed by atoms with Gasteiger partial charge in [0.15, 0.2) is 16.4 Å². The van der Waals surface area contributed by atoms with Crippen molar-refractivity contribution in [3.8, 4) is 5.75 Å². The molecule has 1 amide bonds. The summed E-state index contributed by atoms with van der Waals surface area (Å²) in [4.78, 5) is 14.6. The molecule has 28 heavy (non-hydrogen) atoms. The second kappa shape index (κ2) is 8.53. The Morgan fingerprint density at radius 3 is 2.46 bits per heavy atom. The number of halogens is 1. The number of ether oxygens (including phenoxy) is 1. The van der Waals surface area contributed by atoms with Crippen molar-refractivity contribution in [3.05, 3.63) is 64.2 Å². The number of hydrogen-bond donors (Lipinski definition) is 0. The normalized spacial score (nSPS) is 18.0. The molecule has 5 nitrogen and oxygen atoms in total. The second-order valence-electron chi connectivity index (χ2n) is 7.28. The number of rotatable bonds is 6. The van der Waals surface area contributed by atoms with E-state index >= 15 is 0 Å². The quantitative estimate of drug-likeness (QED) is 0.715. The van der Waals surface area contributed by atoms with Gasteiger partial charge in [-0.05, 0) is 55.2 Å². The minimum absolute atomic E-state index is 0.0211. The molecule has 1 atom stereocenters. The van der Waals surface area contributed by atoms with Crippen LogP contribution in [0.1, 0.15) is 23.1 Å². The third kappa shape index (κ3) is 5.26. The number of sulfone groups is 1. The zero-order chi connectivity index (χ0) is 20.3. The molecule has 1 saturated heterocycles. The van der Waals surface area contributed by atoms with Gasteiger partial charge in [0.05, 0.1) is 11.5 Å².